The molecule has 0 radical (unpaired) electrons. The number of benzene rings is 2. The highest BCUT2D eigenvalue weighted by molar-refractivity contribution is 6.31. The fourth-order valence-corrected chi connectivity index (χ4v) is 3.25. The third-order valence-electron chi connectivity index (χ3n) is 4.45. The van der Waals surface area contributed by atoms with Crippen molar-refractivity contribution in [3.05, 3.63) is 58.6 Å². The molecule has 0 bridgehead atoms. The number of ether oxygens (including phenoxy) is 1. The van der Waals surface area contributed by atoms with Crippen molar-refractivity contribution in [1.82, 2.24) is 4.90 Å². The molecule has 1 N–H and O–H groups in total. The molecule has 0 atom stereocenters. The summed E-state index contributed by atoms with van der Waals surface area (Å²) in [5.74, 6) is -1.22. The molecule has 0 aromatic heterocycles. The number of amides is 2. The number of nitrogens with zero attached hydrogens (tertiary/aromatic N) is 1. The lowest BCUT2D eigenvalue weighted by molar-refractivity contribution is -0.274. The number of likely N-dealkylation sites (tertiary alicyclic amines) is 1. The first-order valence-electron chi connectivity index (χ1n) is 8.99. The maximum absolute atomic E-state index is 12.8. The average molecular weight is 427 g/mol. The zero-order chi connectivity index (χ0) is 21.0. The molecule has 2 aromatic carbocycles. The second-order valence-electron chi connectivity index (χ2n) is 6.57. The van der Waals surface area contributed by atoms with Crippen LogP contribution in [0.4, 0.5) is 18.9 Å². The zero-order valence-corrected chi connectivity index (χ0v) is 16.0. The van der Waals surface area contributed by atoms with E-state index in [0.717, 1.165) is 31.4 Å². The first kappa shape index (κ1) is 21.0. The van der Waals surface area contributed by atoms with Crippen molar-refractivity contribution in [3.63, 3.8) is 0 Å². The number of piperidine rings is 1. The highest BCUT2D eigenvalue weighted by atomic mass is 35.5. The van der Waals surface area contributed by atoms with Crippen LogP contribution in [0.25, 0.3) is 0 Å². The molecule has 1 aliphatic rings. The highest BCUT2D eigenvalue weighted by Gasteiger charge is 2.31. The summed E-state index contributed by atoms with van der Waals surface area (Å²) in [6.45, 7) is 1.30. The molecule has 2 aromatic rings. The van der Waals surface area contributed by atoms with E-state index in [1.807, 2.05) is 0 Å². The minimum atomic E-state index is -4.81. The van der Waals surface area contributed by atoms with Gasteiger partial charge in [0.15, 0.2) is 0 Å². The first-order valence-corrected chi connectivity index (χ1v) is 9.37. The number of nitrogens with one attached hydrogen (secondary N) is 1. The predicted octanol–water partition coefficient (Wildman–Crippen LogP) is 5.12. The molecule has 9 heteroatoms. The molecule has 154 valence electrons. The van der Waals surface area contributed by atoms with Gasteiger partial charge in [0.2, 0.25) is 0 Å². The summed E-state index contributed by atoms with van der Waals surface area (Å²) in [4.78, 5) is 27.1. The molecule has 0 spiro atoms. The summed E-state index contributed by atoms with van der Waals surface area (Å²) in [5.41, 5.74) is 0.659. The van der Waals surface area contributed by atoms with Gasteiger partial charge in [-0.05, 0) is 61.7 Å². The summed E-state index contributed by atoms with van der Waals surface area (Å²) in [7, 11) is 0. The Hall–Kier alpha value is -2.74. The third-order valence-corrected chi connectivity index (χ3v) is 4.69. The fourth-order valence-electron chi connectivity index (χ4n) is 3.08. The van der Waals surface area contributed by atoms with E-state index < -0.39 is 18.0 Å². The number of carbonyl (C=O) groups is 2. The summed E-state index contributed by atoms with van der Waals surface area (Å²) in [6.07, 6.45) is -1.89. The van der Waals surface area contributed by atoms with Gasteiger partial charge in [-0.1, -0.05) is 11.6 Å². The van der Waals surface area contributed by atoms with E-state index in [2.05, 4.69) is 10.1 Å². The lowest BCUT2D eigenvalue weighted by Crippen LogP contribution is -2.36. The first-order chi connectivity index (χ1) is 13.7. The van der Waals surface area contributed by atoms with Gasteiger partial charge in [0.1, 0.15) is 5.75 Å². The Morgan fingerprint density at radius 1 is 1.00 bits per heavy atom. The Morgan fingerprint density at radius 2 is 1.66 bits per heavy atom. The monoisotopic (exact) mass is 426 g/mol. The average Bonchev–Trinajstić information content (AvgIpc) is 2.67. The van der Waals surface area contributed by atoms with Crippen LogP contribution in [0, 0.1) is 0 Å². The van der Waals surface area contributed by atoms with Crippen molar-refractivity contribution in [3.8, 4) is 5.75 Å². The van der Waals surface area contributed by atoms with Crippen LogP contribution in [0.15, 0.2) is 42.5 Å². The Bertz CT molecular complexity index is 895. The Kier molecular flexibility index (Phi) is 6.32. The van der Waals surface area contributed by atoms with Crippen LogP contribution >= 0.6 is 11.6 Å². The van der Waals surface area contributed by atoms with Crippen LogP contribution in [-0.4, -0.2) is 36.2 Å². The topological polar surface area (TPSA) is 58.6 Å². The van der Waals surface area contributed by atoms with E-state index >= 15 is 0 Å². The number of hydrogen-bond acceptors (Lipinski definition) is 3. The molecule has 0 saturated carbocycles. The quantitative estimate of drug-likeness (QED) is 0.738. The number of alkyl halides is 3. The maximum Gasteiger partial charge on any atom is 0.573 e. The molecule has 1 aliphatic heterocycles. The molecular formula is C20H18ClF3N2O3. The van der Waals surface area contributed by atoms with E-state index in [-0.39, 0.29) is 17.2 Å². The van der Waals surface area contributed by atoms with Gasteiger partial charge in [-0.25, -0.2) is 0 Å². The van der Waals surface area contributed by atoms with Gasteiger partial charge in [0.25, 0.3) is 11.8 Å². The van der Waals surface area contributed by atoms with Crippen LogP contribution in [0.5, 0.6) is 5.75 Å². The van der Waals surface area contributed by atoms with Crippen molar-refractivity contribution in [2.24, 2.45) is 0 Å². The van der Waals surface area contributed by atoms with Gasteiger partial charge >= 0.3 is 6.36 Å². The molecule has 2 amide bonds. The SMILES string of the molecule is O=C(Nc1cc(Cl)ccc1C(=O)N1CCCCC1)c1ccc(OC(F)(F)F)cc1. The molecule has 3 rings (SSSR count). The van der Waals surface area contributed by atoms with E-state index in [0.29, 0.717) is 23.7 Å². The second kappa shape index (κ2) is 8.73. The van der Waals surface area contributed by atoms with E-state index in [1.54, 1.807) is 17.0 Å². The van der Waals surface area contributed by atoms with Gasteiger partial charge in [0.05, 0.1) is 11.3 Å². The van der Waals surface area contributed by atoms with Gasteiger partial charge < -0.3 is 15.0 Å². The largest absolute Gasteiger partial charge is 0.573 e. The predicted molar refractivity (Wildman–Crippen MR) is 102 cm³/mol. The van der Waals surface area contributed by atoms with Crippen molar-refractivity contribution < 1.29 is 27.5 Å². The Balaban J connectivity index is 1.77. The summed E-state index contributed by atoms with van der Waals surface area (Å²) in [5, 5.41) is 2.96. The molecule has 0 unspecified atom stereocenters. The number of anilines is 1. The lowest BCUT2D eigenvalue weighted by Gasteiger charge is -2.27. The van der Waals surface area contributed by atoms with Crippen molar-refractivity contribution in [2.75, 3.05) is 18.4 Å². The summed E-state index contributed by atoms with van der Waals surface area (Å²) < 4.78 is 40.5. The number of rotatable bonds is 4. The standard InChI is InChI=1S/C20H18ClF3N2O3/c21-14-6-9-16(19(28)26-10-2-1-3-11-26)17(12-14)25-18(27)13-4-7-15(8-5-13)29-20(22,23)24/h4-9,12H,1-3,10-11H2,(H,25,27). The zero-order valence-electron chi connectivity index (χ0n) is 15.3. The van der Waals surface area contributed by atoms with Crippen LogP contribution < -0.4 is 10.1 Å². The van der Waals surface area contributed by atoms with Crippen LogP contribution in [-0.2, 0) is 0 Å². The fraction of sp³-hybridized carbons (Fsp3) is 0.300. The Labute approximate surface area is 170 Å². The van der Waals surface area contributed by atoms with Crippen molar-refractivity contribution in [1.29, 1.82) is 0 Å². The van der Waals surface area contributed by atoms with Crippen LogP contribution in [0.3, 0.4) is 0 Å². The van der Waals surface area contributed by atoms with Gasteiger partial charge in [0, 0.05) is 23.7 Å². The normalized spacial score (nSPS) is 14.4. The molecule has 0 aliphatic carbocycles. The van der Waals surface area contributed by atoms with E-state index in [1.165, 1.54) is 18.2 Å². The maximum atomic E-state index is 12.8. The molecule has 1 fully saturated rings. The van der Waals surface area contributed by atoms with Crippen LogP contribution in [0.1, 0.15) is 40.0 Å². The van der Waals surface area contributed by atoms with Crippen molar-refractivity contribution in [2.45, 2.75) is 25.6 Å². The highest BCUT2D eigenvalue weighted by Crippen LogP contribution is 2.26. The second-order valence-corrected chi connectivity index (χ2v) is 7.01. The van der Waals surface area contributed by atoms with Crippen molar-refractivity contribution >= 4 is 29.1 Å². The number of carbonyl (C=O) groups excluding carboxylic acids is 2. The molecule has 1 heterocycles. The number of hydrogen-bond donors (Lipinski definition) is 1. The number of halogens is 4. The van der Waals surface area contributed by atoms with E-state index in [9.17, 15) is 22.8 Å². The van der Waals surface area contributed by atoms with Crippen LogP contribution in [0.2, 0.25) is 5.02 Å². The lowest BCUT2D eigenvalue weighted by atomic mass is 10.1. The molecule has 29 heavy (non-hydrogen) atoms. The smallest absolute Gasteiger partial charge is 0.406 e. The summed E-state index contributed by atoms with van der Waals surface area (Å²) in [6, 6.07) is 9.07. The molecule has 1 saturated heterocycles. The minimum absolute atomic E-state index is 0.107. The van der Waals surface area contributed by atoms with Gasteiger partial charge in [-0.3, -0.25) is 9.59 Å². The Morgan fingerprint density at radius 3 is 2.28 bits per heavy atom. The minimum Gasteiger partial charge on any atom is -0.406 e. The van der Waals surface area contributed by atoms with Gasteiger partial charge in [-0.2, -0.15) is 0 Å². The molecule has 5 nitrogen and oxygen atoms in total. The summed E-state index contributed by atoms with van der Waals surface area (Å²) >= 11 is 6.02. The molecular weight excluding hydrogens is 409 g/mol. The third kappa shape index (κ3) is 5.63. The van der Waals surface area contributed by atoms with Gasteiger partial charge in [-0.15, -0.1) is 13.2 Å². The van der Waals surface area contributed by atoms with E-state index in [4.69, 9.17) is 11.6 Å².